The van der Waals surface area contributed by atoms with E-state index < -0.39 is 11.8 Å². The minimum atomic E-state index is -0.449. The first kappa shape index (κ1) is 10.1. The van der Waals surface area contributed by atoms with Crippen molar-refractivity contribution in [2.75, 3.05) is 5.32 Å². The van der Waals surface area contributed by atoms with Crippen LogP contribution in [-0.2, 0) is 4.79 Å². The van der Waals surface area contributed by atoms with Gasteiger partial charge in [-0.25, -0.2) is 0 Å². The van der Waals surface area contributed by atoms with Crippen LogP contribution in [0.1, 0.15) is 20.7 Å². The average Bonchev–Trinajstić information content (AvgIpc) is 2.54. The summed E-state index contributed by atoms with van der Waals surface area (Å²) < 4.78 is 0. The predicted octanol–water partition coefficient (Wildman–Crippen LogP) is 0.695. The van der Waals surface area contributed by atoms with Crippen LogP contribution >= 0.6 is 0 Å². The van der Waals surface area contributed by atoms with Crippen LogP contribution in [0.2, 0.25) is 0 Å². The molecule has 0 aromatic heterocycles. The lowest BCUT2D eigenvalue weighted by Crippen LogP contribution is -2.19. The van der Waals surface area contributed by atoms with Crippen molar-refractivity contribution in [2.24, 2.45) is 0 Å². The molecule has 1 heterocycles. The summed E-state index contributed by atoms with van der Waals surface area (Å²) in [6, 6.07) is 4.50. The number of hydrogen-bond acceptors (Lipinski definition) is 3. The number of nitrogens with one attached hydrogen (secondary N) is 2. The third-order valence-corrected chi connectivity index (χ3v) is 2.19. The first-order valence-corrected chi connectivity index (χ1v) is 4.55. The van der Waals surface area contributed by atoms with Gasteiger partial charge in [0.15, 0.2) is 0 Å². The first-order valence-electron chi connectivity index (χ1n) is 4.55. The van der Waals surface area contributed by atoms with Crippen molar-refractivity contribution in [2.45, 2.75) is 0 Å². The maximum atomic E-state index is 11.3. The Balaban J connectivity index is 2.36. The number of imide groups is 1. The van der Waals surface area contributed by atoms with Gasteiger partial charge in [-0.1, -0.05) is 6.58 Å². The summed E-state index contributed by atoms with van der Waals surface area (Å²) in [5.41, 5.74) is 1.04. The highest BCUT2D eigenvalue weighted by molar-refractivity contribution is 6.22. The topological polar surface area (TPSA) is 75.3 Å². The van der Waals surface area contributed by atoms with Crippen molar-refractivity contribution in [1.82, 2.24) is 5.32 Å². The van der Waals surface area contributed by atoms with Gasteiger partial charge in [0.25, 0.3) is 11.8 Å². The molecule has 0 fully saturated rings. The molecule has 0 aliphatic carbocycles. The van der Waals surface area contributed by atoms with Gasteiger partial charge in [0.2, 0.25) is 5.91 Å². The summed E-state index contributed by atoms with van der Waals surface area (Å²) in [6.07, 6.45) is 1.12. The second kappa shape index (κ2) is 3.62. The third-order valence-electron chi connectivity index (χ3n) is 2.19. The van der Waals surface area contributed by atoms with Crippen LogP contribution in [0.3, 0.4) is 0 Å². The van der Waals surface area contributed by atoms with Gasteiger partial charge >= 0.3 is 0 Å². The van der Waals surface area contributed by atoms with Gasteiger partial charge in [-0.15, -0.1) is 0 Å². The molecule has 0 unspecified atom stereocenters. The quantitative estimate of drug-likeness (QED) is 0.564. The Morgan fingerprint density at radius 3 is 2.62 bits per heavy atom. The second-order valence-corrected chi connectivity index (χ2v) is 3.24. The number of benzene rings is 1. The fourth-order valence-electron chi connectivity index (χ4n) is 1.44. The van der Waals surface area contributed by atoms with Crippen LogP contribution < -0.4 is 10.6 Å². The monoisotopic (exact) mass is 216 g/mol. The molecule has 0 radical (unpaired) electrons. The summed E-state index contributed by atoms with van der Waals surface area (Å²) >= 11 is 0. The molecule has 5 nitrogen and oxygen atoms in total. The lowest BCUT2D eigenvalue weighted by Gasteiger charge is -2.02. The van der Waals surface area contributed by atoms with Gasteiger partial charge in [-0.05, 0) is 24.3 Å². The van der Waals surface area contributed by atoms with E-state index >= 15 is 0 Å². The van der Waals surface area contributed by atoms with Crippen LogP contribution in [0.5, 0.6) is 0 Å². The molecule has 5 heteroatoms. The van der Waals surface area contributed by atoms with Gasteiger partial charge in [-0.3, -0.25) is 19.7 Å². The molecule has 0 saturated heterocycles. The highest BCUT2D eigenvalue weighted by Crippen LogP contribution is 2.20. The molecule has 0 saturated carbocycles. The lowest BCUT2D eigenvalue weighted by molar-refractivity contribution is -0.111. The number of anilines is 1. The molecule has 1 aromatic carbocycles. The normalized spacial score (nSPS) is 13.0. The SMILES string of the molecule is C=CC(=O)Nc1ccc2c(c1)C(=O)NC2=O. The van der Waals surface area contributed by atoms with Crippen molar-refractivity contribution in [3.8, 4) is 0 Å². The Labute approximate surface area is 91.1 Å². The number of fused-ring (bicyclic) bond motifs is 1. The van der Waals surface area contributed by atoms with Crippen LogP contribution in [0.4, 0.5) is 5.69 Å². The van der Waals surface area contributed by atoms with E-state index in [-0.39, 0.29) is 11.5 Å². The minimum absolute atomic E-state index is 0.270. The van der Waals surface area contributed by atoms with Crippen molar-refractivity contribution < 1.29 is 14.4 Å². The zero-order valence-electron chi connectivity index (χ0n) is 8.24. The molecule has 3 amide bonds. The fourth-order valence-corrected chi connectivity index (χ4v) is 1.44. The number of carbonyl (C=O) groups is 3. The number of hydrogen-bond donors (Lipinski definition) is 2. The zero-order valence-corrected chi connectivity index (χ0v) is 8.24. The van der Waals surface area contributed by atoms with Crippen LogP contribution in [0.15, 0.2) is 30.9 Å². The van der Waals surface area contributed by atoms with Gasteiger partial charge < -0.3 is 5.32 Å². The van der Waals surface area contributed by atoms with E-state index in [1.54, 1.807) is 6.07 Å². The number of carbonyl (C=O) groups excluding carboxylic acids is 3. The van der Waals surface area contributed by atoms with Crippen molar-refractivity contribution >= 4 is 23.4 Å². The smallest absolute Gasteiger partial charge is 0.259 e. The molecule has 2 N–H and O–H groups in total. The van der Waals surface area contributed by atoms with E-state index in [1.807, 2.05) is 0 Å². The summed E-state index contributed by atoms with van der Waals surface area (Å²) in [5, 5.41) is 4.67. The van der Waals surface area contributed by atoms with Crippen LogP contribution in [-0.4, -0.2) is 17.7 Å². The van der Waals surface area contributed by atoms with Crippen molar-refractivity contribution in [3.63, 3.8) is 0 Å². The molecule has 1 aliphatic heterocycles. The summed E-state index contributed by atoms with van der Waals surface area (Å²) in [7, 11) is 0. The van der Waals surface area contributed by atoms with E-state index in [0.29, 0.717) is 11.3 Å². The molecule has 0 spiro atoms. The van der Waals surface area contributed by atoms with Gasteiger partial charge in [0, 0.05) is 5.69 Å². The minimum Gasteiger partial charge on any atom is -0.323 e. The highest BCUT2D eigenvalue weighted by atomic mass is 16.2. The Morgan fingerprint density at radius 2 is 1.94 bits per heavy atom. The molecule has 2 rings (SSSR count). The Bertz CT molecular complexity index is 520. The summed E-state index contributed by atoms with van der Waals surface area (Å²) in [6.45, 7) is 3.31. The van der Waals surface area contributed by atoms with E-state index in [4.69, 9.17) is 0 Å². The Hall–Kier alpha value is -2.43. The van der Waals surface area contributed by atoms with Crippen molar-refractivity contribution in [3.05, 3.63) is 42.0 Å². The standard InChI is InChI=1S/C11H8N2O3/c1-2-9(14)12-6-3-4-7-8(5-6)11(16)13-10(7)15/h2-5H,1H2,(H,12,14)(H,13,15,16). The maximum Gasteiger partial charge on any atom is 0.259 e. The fraction of sp³-hybridized carbons (Fsp3) is 0. The molecule has 1 aliphatic rings. The highest BCUT2D eigenvalue weighted by Gasteiger charge is 2.26. The molecule has 16 heavy (non-hydrogen) atoms. The molecule has 0 bridgehead atoms. The van der Waals surface area contributed by atoms with Crippen LogP contribution in [0.25, 0.3) is 0 Å². The van der Waals surface area contributed by atoms with Gasteiger partial charge in [0.1, 0.15) is 0 Å². The van der Waals surface area contributed by atoms with E-state index in [0.717, 1.165) is 6.08 Å². The van der Waals surface area contributed by atoms with Crippen molar-refractivity contribution in [1.29, 1.82) is 0 Å². The first-order chi connectivity index (χ1) is 7.61. The summed E-state index contributed by atoms with van der Waals surface area (Å²) in [4.78, 5) is 33.6. The largest absolute Gasteiger partial charge is 0.323 e. The Kier molecular flexibility index (Phi) is 2.28. The molecular formula is C11H8N2O3. The molecule has 1 aromatic rings. The molecule has 80 valence electrons. The Morgan fingerprint density at radius 1 is 1.25 bits per heavy atom. The average molecular weight is 216 g/mol. The second-order valence-electron chi connectivity index (χ2n) is 3.24. The van der Waals surface area contributed by atoms with Crippen LogP contribution in [0, 0.1) is 0 Å². The van der Waals surface area contributed by atoms with Gasteiger partial charge in [-0.2, -0.15) is 0 Å². The number of rotatable bonds is 2. The van der Waals surface area contributed by atoms with E-state index in [9.17, 15) is 14.4 Å². The third kappa shape index (κ3) is 1.58. The molecule has 0 atom stereocenters. The summed E-state index contributed by atoms with van der Waals surface area (Å²) in [5.74, 6) is -1.24. The predicted molar refractivity (Wildman–Crippen MR) is 57.1 cm³/mol. The van der Waals surface area contributed by atoms with Gasteiger partial charge in [0.05, 0.1) is 11.1 Å². The van der Waals surface area contributed by atoms with E-state index in [1.165, 1.54) is 12.1 Å². The maximum absolute atomic E-state index is 11.3. The number of amides is 3. The van der Waals surface area contributed by atoms with E-state index in [2.05, 4.69) is 17.2 Å². The zero-order chi connectivity index (χ0) is 11.7. The lowest BCUT2D eigenvalue weighted by atomic mass is 10.1. The molecular weight excluding hydrogens is 208 g/mol.